The quantitative estimate of drug-likeness (QED) is 0.572. The first-order valence-corrected chi connectivity index (χ1v) is 9.58. The maximum absolute atomic E-state index is 12.0. The van der Waals surface area contributed by atoms with Crippen molar-refractivity contribution in [2.24, 2.45) is 10.9 Å². The highest BCUT2D eigenvalue weighted by Gasteiger charge is 2.20. The Hall–Kier alpha value is -1.76. The Kier molecular flexibility index (Phi) is 8.75. The smallest absolute Gasteiger partial charge is 0.410 e. The van der Waals surface area contributed by atoms with Crippen molar-refractivity contribution in [3.05, 3.63) is 22.4 Å². The number of rotatable bonds is 7. The topological polar surface area (TPSA) is 66.0 Å². The first-order chi connectivity index (χ1) is 11.7. The van der Waals surface area contributed by atoms with Crippen LogP contribution in [0, 0.1) is 5.92 Å². The third-order valence-electron chi connectivity index (χ3n) is 3.23. The highest BCUT2D eigenvalue weighted by molar-refractivity contribution is 7.09. The van der Waals surface area contributed by atoms with Crippen molar-refractivity contribution in [2.75, 3.05) is 26.7 Å². The average molecular weight is 369 g/mol. The number of hydrogen-bond acceptors (Lipinski definition) is 4. The van der Waals surface area contributed by atoms with Crippen molar-refractivity contribution in [1.29, 1.82) is 0 Å². The fourth-order valence-corrected chi connectivity index (χ4v) is 2.75. The van der Waals surface area contributed by atoms with Crippen LogP contribution < -0.4 is 10.6 Å². The molecular weight excluding hydrogens is 336 g/mol. The zero-order chi connectivity index (χ0) is 18.9. The van der Waals surface area contributed by atoms with Gasteiger partial charge in [-0.15, -0.1) is 11.3 Å². The van der Waals surface area contributed by atoms with E-state index < -0.39 is 5.60 Å². The van der Waals surface area contributed by atoms with E-state index in [1.54, 1.807) is 23.3 Å². The minimum atomic E-state index is -0.473. The van der Waals surface area contributed by atoms with Crippen molar-refractivity contribution < 1.29 is 9.53 Å². The summed E-state index contributed by atoms with van der Waals surface area (Å²) in [7, 11) is 1.76. The third-order valence-corrected chi connectivity index (χ3v) is 4.09. The molecule has 0 saturated heterocycles. The van der Waals surface area contributed by atoms with Crippen LogP contribution >= 0.6 is 11.3 Å². The van der Waals surface area contributed by atoms with Crippen LogP contribution in [0.1, 0.15) is 39.5 Å². The third kappa shape index (κ3) is 9.34. The van der Waals surface area contributed by atoms with Gasteiger partial charge in [-0.3, -0.25) is 0 Å². The lowest BCUT2D eigenvalue weighted by molar-refractivity contribution is 0.0278. The molecule has 0 fully saturated rings. The van der Waals surface area contributed by atoms with Crippen LogP contribution in [0.4, 0.5) is 4.79 Å². The summed E-state index contributed by atoms with van der Waals surface area (Å²) in [5.41, 5.74) is -0.473. The van der Waals surface area contributed by atoms with Gasteiger partial charge in [-0.05, 0) is 45.1 Å². The SMILES string of the molecule is CCNC(=NCc1cccs1)NCC(C)CN(C)C(=O)OC(C)(C)C. The lowest BCUT2D eigenvalue weighted by Gasteiger charge is -2.26. The van der Waals surface area contributed by atoms with Gasteiger partial charge in [-0.2, -0.15) is 0 Å². The van der Waals surface area contributed by atoms with Crippen LogP contribution in [0.3, 0.4) is 0 Å². The summed E-state index contributed by atoms with van der Waals surface area (Å²) in [6, 6.07) is 4.11. The highest BCUT2D eigenvalue weighted by Crippen LogP contribution is 2.10. The molecule has 142 valence electrons. The van der Waals surface area contributed by atoms with E-state index in [1.807, 2.05) is 33.8 Å². The minimum absolute atomic E-state index is 0.267. The predicted molar refractivity (Wildman–Crippen MR) is 105 cm³/mol. The van der Waals surface area contributed by atoms with E-state index in [2.05, 4.69) is 34.0 Å². The van der Waals surface area contributed by atoms with Crippen molar-refractivity contribution in [2.45, 2.75) is 46.8 Å². The summed E-state index contributed by atoms with van der Waals surface area (Å²) >= 11 is 1.70. The molecule has 6 nitrogen and oxygen atoms in total. The number of thiophene rings is 1. The van der Waals surface area contributed by atoms with E-state index in [0.717, 1.165) is 19.0 Å². The molecule has 1 amide bonds. The van der Waals surface area contributed by atoms with Crippen molar-refractivity contribution in [3.8, 4) is 0 Å². The second-order valence-electron chi connectivity index (χ2n) is 7.12. The normalized spacial score (nSPS) is 13.3. The summed E-state index contributed by atoms with van der Waals surface area (Å²) < 4.78 is 5.38. The van der Waals surface area contributed by atoms with Gasteiger partial charge in [0.25, 0.3) is 0 Å². The number of guanidine groups is 1. The molecule has 7 heteroatoms. The average Bonchev–Trinajstić information content (AvgIpc) is 3.01. The van der Waals surface area contributed by atoms with Crippen molar-refractivity contribution >= 4 is 23.4 Å². The molecule has 1 aromatic heterocycles. The van der Waals surface area contributed by atoms with Crippen LogP contribution in [0.2, 0.25) is 0 Å². The lowest BCUT2D eigenvalue weighted by Crippen LogP contribution is -2.42. The van der Waals surface area contributed by atoms with Crippen LogP contribution in [-0.2, 0) is 11.3 Å². The number of amides is 1. The Morgan fingerprint density at radius 2 is 2.12 bits per heavy atom. The number of nitrogens with one attached hydrogen (secondary N) is 2. The fraction of sp³-hybridized carbons (Fsp3) is 0.667. The molecule has 0 spiro atoms. The molecule has 0 radical (unpaired) electrons. The first kappa shape index (κ1) is 21.3. The van der Waals surface area contributed by atoms with Gasteiger partial charge in [-0.25, -0.2) is 9.79 Å². The van der Waals surface area contributed by atoms with Gasteiger partial charge in [0.2, 0.25) is 0 Å². The van der Waals surface area contributed by atoms with Crippen molar-refractivity contribution in [3.63, 3.8) is 0 Å². The number of nitrogens with zero attached hydrogens (tertiary/aromatic N) is 2. The van der Waals surface area contributed by atoms with Gasteiger partial charge in [0, 0.05) is 31.6 Å². The monoisotopic (exact) mass is 368 g/mol. The molecule has 1 atom stereocenters. The molecule has 1 aromatic rings. The molecule has 0 bridgehead atoms. The van der Waals surface area contributed by atoms with E-state index in [4.69, 9.17) is 4.74 Å². The van der Waals surface area contributed by atoms with Gasteiger partial charge >= 0.3 is 6.09 Å². The summed E-state index contributed by atoms with van der Waals surface area (Å²) in [5.74, 6) is 1.06. The van der Waals surface area contributed by atoms with E-state index in [-0.39, 0.29) is 12.0 Å². The zero-order valence-corrected chi connectivity index (χ0v) is 17.1. The maximum Gasteiger partial charge on any atom is 0.410 e. The minimum Gasteiger partial charge on any atom is -0.444 e. The molecule has 2 N–H and O–H groups in total. The molecule has 0 aliphatic rings. The standard InChI is InChI=1S/C18H32N4O2S/c1-7-19-16(21-12-15-9-8-10-25-15)20-11-14(2)13-22(6)17(23)24-18(3,4)5/h8-10,14H,7,11-13H2,1-6H3,(H2,19,20,21). The molecule has 1 heterocycles. The number of hydrogen-bond donors (Lipinski definition) is 2. The van der Waals surface area contributed by atoms with E-state index >= 15 is 0 Å². The zero-order valence-electron chi connectivity index (χ0n) is 16.3. The second-order valence-corrected chi connectivity index (χ2v) is 8.15. The predicted octanol–water partition coefficient (Wildman–Crippen LogP) is 3.31. The lowest BCUT2D eigenvalue weighted by atomic mass is 10.1. The van der Waals surface area contributed by atoms with Gasteiger partial charge in [0.05, 0.1) is 6.54 Å². The Bertz CT molecular complexity index is 538. The number of carbonyl (C=O) groups is 1. The first-order valence-electron chi connectivity index (χ1n) is 8.70. The van der Waals surface area contributed by atoms with E-state index in [1.165, 1.54) is 4.88 Å². The Morgan fingerprint density at radius 1 is 1.40 bits per heavy atom. The molecule has 1 rings (SSSR count). The molecule has 0 aromatic carbocycles. The van der Waals surface area contributed by atoms with Crippen LogP contribution in [0.25, 0.3) is 0 Å². The van der Waals surface area contributed by atoms with E-state index in [9.17, 15) is 4.79 Å². The number of aliphatic imine (C=N–C) groups is 1. The summed E-state index contributed by atoms with van der Waals surface area (Å²) in [6.45, 7) is 12.6. The van der Waals surface area contributed by atoms with E-state index in [0.29, 0.717) is 13.1 Å². The van der Waals surface area contributed by atoms with Gasteiger partial charge < -0.3 is 20.3 Å². The highest BCUT2D eigenvalue weighted by atomic mass is 32.1. The van der Waals surface area contributed by atoms with Crippen LogP contribution in [0.5, 0.6) is 0 Å². The van der Waals surface area contributed by atoms with Crippen LogP contribution in [-0.4, -0.2) is 49.2 Å². The molecule has 0 saturated carbocycles. The number of ether oxygens (including phenoxy) is 1. The summed E-state index contributed by atoms with van der Waals surface area (Å²) in [5, 5.41) is 8.64. The van der Waals surface area contributed by atoms with Gasteiger partial charge in [-0.1, -0.05) is 13.0 Å². The molecule has 0 aliphatic heterocycles. The van der Waals surface area contributed by atoms with Gasteiger partial charge in [0.1, 0.15) is 5.60 Å². The molecule has 25 heavy (non-hydrogen) atoms. The molecule has 0 aliphatic carbocycles. The molecular formula is C18H32N4O2S. The summed E-state index contributed by atoms with van der Waals surface area (Å²) in [6.07, 6.45) is -0.294. The Balaban J connectivity index is 2.44. The van der Waals surface area contributed by atoms with Crippen LogP contribution in [0.15, 0.2) is 22.5 Å². The Morgan fingerprint density at radius 3 is 2.68 bits per heavy atom. The fourth-order valence-electron chi connectivity index (χ4n) is 2.12. The summed E-state index contributed by atoms with van der Waals surface area (Å²) in [4.78, 5) is 19.5. The number of carbonyl (C=O) groups excluding carboxylic acids is 1. The second kappa shape index (κ2) is 10.3. The maximum atomic E-state index is 12.0. The Labute approximate surface area is 155 Å². The van der Waals surface area contributed by atoms with Crippen molar-refractivity contribution in [1.82, 2.24) is 15.5 Å². The largest absolute Gasteiger partial charge is 0.444 e. The van der Waals surface area contributed by atoms with Gasteiger partial charge in [0.15, 0.2) is 5.96 Å². The molecule has 1 unspecified atom stereocenters.